The van der Waals surface area contributed by atoms with E-state index in [0.29, 0.717) is 5.56 Å². The molecule has 0 amide bonds. The predicted molar refractivity (Wildman–Crippen MR) is 191 cm³/mol. The Kier molecular flexibility index (Phi) is 6.16. The van der Waals surface area contributed by atoms with E-state index < -0.39 is 0 Å². The molecule has 6 aromatic carbocycles. The Hall–Kier alpha value is -6.57. The summed E-state index contributed by atoms with van der Waals surface area (Å²) in [6.45, 7) is 0. The van der Waals surface area contributed by atoms with Gasteiger partial charge in [0.2, 0.25) is 0 Å². The van der Waals surface area contributed by atoms with Crippen LogP contribution in [0.2, 0.25) is 0 Å². The van der Waals surface area contributed by atoms with Gasteiger partial charge in [-0.2, -0.15) is 5.26 Å². The van der Waals surface area contributed by atoms with Gasteiger partial charge < -0.3 is 4.42 Å². The zero-order valence-corrected chi connectivity index (χ0v) is 25.2. The molecule has 0 aliphatic carbocycles. The fourth-order valence-electron chi connectivity index (χ4n) is 6.59. The molecule has 9 aromatic rings. The standard InChI is InChI=1S/C43H25N3O/c44-26-33-9-4-5-10-34(33)27-13-15-28(16-14-27)35-11-6-12-40-41(35)36-25-32(21-24-39(36)47-40)38-23-20-31-18-17-30-19-22-37(29-7-2-1-3-8-29)45-42(30)43(31)46-38/h1-25H. The molecule has 0 aliphatic heterocycles. The maximum atomic E-state index is 9.60. The average Bonchev–Trinajstić information content (AvgIpc) is 3.53. The third-order valence-electron chi connectivity index (χ3n) is 8.93. The van der Waals surface area contributed by atoms with E-state index in [9.17, 15) is 5.26 Å². The summed E-state index contributed by atoms with van der Waals surface area (Å²) < 4.78 is 6.35. The first-order chi connectivity index (χ1) is 23.2. The Labute approximate surface area is 270 Å². The van der Waals surface area contributed by atoms with E-state index in [0.717, 1.165) is 88.5 Å². The van der Waals surface area contributed by atoms with Gasteiger partial charge in [0.15, 0.2) is 0 Å². The fraction of sp³-hybridized carbons (Fsp3) is 0. The Morgan fingerprint density at radius 1 is 0.468 bits per heavy atom. The summed E-state index contributed by atoms with van der Waals surface area (Å²) in [7, 11) is 0. The van der Waals surface area contributed by atoms with E-state index in [-0.39, 0.29) is 0 Å². The van der Waals surface area contributed by atoms with Crippen molar-refractivity contribution in [2.75, 3.05) is 0 Å². The van der Waals surface area contributed by atoms with Crippen LogP contribution in [0, 0.1) is 11.3 Å². The van der Waals surface area contributed by atoms with Gasteiger partial charge in [-0.05, 0) is 64.7 Å². The highest BCUT2D eigenvalue weighted by Crippen LogP contribution is 2.39. The van der Waals surface area contributed by atoms with Gasteiger partial charge in [-0.25, -0.2) is 9.97 Å². The predicted octanol–water partition coefficient (Wildman–Crippen LogP) is 11.2. The maximum Gasteiger partial charge on any atom is 0.136 e. The fourth-order valence-corrected chi connectivity index (χ4v) is 6.59. The number of fused-ring (bicyclic) bond motifs is 6. The van der Waals surface area contributed by atoms with Crippen molar-refractivity contribution in [3.63, 3.8) is 0 Å². The molecule has 0 atom stereocenters. The monoisotopic (exact) mass is 599 g/mol. The third kappa shape index (κ3) is 4.53. The summed E-state index contributed by atoms with van der Waals surface area (Å²) >= 11 is 0. The van der Waals surface area contributed by atoms with Gasteiger partial charge >= 0.3 is 0 Å². The van der Waals surface area contributed by atoms with E-state index in [2.05, 4.69) is 97.1 Å². The molecule has 218 valence electrons. The molecule has 0 fully saturated rings. The number of aromatic nitrogens is 2. The van der Waals surface area contributed by atoms with Crippen LogP contribution < -0.4 is 0 Å². The van der Waals surface area contributed by atoms with Crippen LogP contribution in [-0.4, -0.2) is 9.97 Å². The number of furan rings is 1. The topological polar surface area (TPSA) is 62.7 Å². The minimum Gasteiger partial charge on any atom is -0.456 e. The summed E-state index contributed by atoms with van der Waals surface area (Å²) in [6, 6.07) is 53.8. The lowest BCUT2D eigenvalue weighted by atomic mass is 9.95. The van der Waals surface area contributed by atoms with Crippen LogP contribution in [0.25, 0.3) is 88.5 Å². The molecule has 4 heteroatoms. The molecule has 0 unspecified atom stereocenters. The first-order valence-corrected chi connectivity index (χ1v) is 15.5. The quantitative estimate of drug-likeness (QED) is 0.189. The zero-order chi connectivity index (χ0) is 31.3. The molecule has 47 heavy (non-hydrogen) atoms. The molecule has 3 heterocycles. The van der Waals surface area contributed by atoms with Crippen LogP contribution in [0.5, 0.6) is 0 Å². The number of pyridine rings is 2. The normalized spacial score (nSPS) is 11.4. The number of rotatable bonds is 4. The van der Waals surface area contributed by atoms with Crippen molar-refractivity contribution in [2.45, 2.75) is 0 Å². The average molecular weight is 600 g/mol. The van der Waals surface area contributed by atoms with Crippen LogP contribution in [-0.2, 0) is 0 Å². The van der Waals surface area contributed by atoms with E-state index in [1.165, 1.54) is 0 Å². The Bertz CT molecular complexity index is 2680. The van der Waals surface area contributed by atoms with Crippen molar-refractivity contribution in [2.24, 2.45) is 0 Å². The summed E-state index contributed by atoms with van der Waals surface area (Å²) in [6.07, 6.45) is 0. The summed E-state index contributed by atoms with van der Waals surface area (Å²) in [5, 5.41) is 13.8. The number of hydrogen-bond acceptors (Lipinski definition) is 4. The van der Waals surface area contributed by atoms with Crippen LogP contribution in [0.4, 0.5) is 0 Å². The first kappa shape index (κ1) is 26.8. The lowest BCUT2D eigenvalue weighted by Crippen LogP contribution is -1.91. The number of nitrogens with zero attached hydrogens (tertiary/aromatic N) is 3. The summed E-state index contributed by atoms with van der Waals surface area (Å²) in [5.74, 6) is 0. The first-order valence-electron chi connectivity index (χ1n) is 15.5. The molecule has 0 radical (unpaired) electrons. The molecule has 4 nitrogen and oxygen atoms in total. The Morgan fingerprint density at radius 2 is 1.06 bits per heavy atom. The van der Waals surface area contributed by atoms with Gasteiger partial charge in [-0.1, -0.05) is 109 Å². The highest BCUT2D eigenvalue weighted by atomic mass is 16.3. The van der Waals surface area contributed by atoms with Gasteiger partial charge in [0, 0.05) is 32.7 Å². The van der Waals surface area contributed by atoms with Crippen molar-refractivity contribution in [1.82, 2.24) is 9.97 Å². The molecular formula is C43H25N3O. The lowest BCUT2D eigenvalue weighted by Gasteiger charge is -2.09. The number of nitriles is 1. The van der Waals surface area contributed by atoms with Crippen molar-refractivity contribution < 1.29 is 4.42 Å². The molecule has 0 N–H and O–H groups in total. The largest absolute Gasteiger partial charge is 0.456 e. The van der Waals surface area contributed by atoms with Crippen molar-refractivity contribution >= 4 is 43.7 Å². The van der Waals surface area contributed by atoms with Crippen LogP contribution in [0.1, 0.15) is 5.56 Å². The number of hydrogen-bond donors (Lipinski definition) is 0. The molecule has 0 spiro atoms. The molecule has 0 saturated carbocycles. The van der Waals surface area contributed by atoms with E-state index in [1.807, 2.05) is 60.7 Å². The molecule has 0 saturated heterocycles. The minimum absolute atomic E-state index is 0.665. The second-order valence-electron chi connectivity index (χ2n) is 11.7. The molecule has 0 aliphatic rings. The molecule has 3 aromatic heterocycles. The maximum absolute atomic E-state index is 9.60. The molecule has 9 rings (SSSR count). The van der Waals surface area contributed by atoms with Crippen LogP contribution >= 0.6 is 0 Å². The van der Waals surface area contributed by atoms with Gasteiger partial charge in [0.25, 0.3) is 0 Å². The SMILES string of the molecule is N#Cc1ccccc1-c1ccc(-c2cccc3oc4ccc(-c5ccc6ccc7ccc(-c8ccccc8)nc7c6n5)cc4c23)cc1. The van der Waals surface area contributed by atoms with Gasteiger partial charge in [0.05, 0.1) is 34.1 Å². The zero-order valence-electron chi connectivity index (χ0n) is 25.2. The second kappa shape index (κ2) is 10.8. The molecular weight excluding hydrogens is 574 g/mol. The Balaban J connectivity index is 1.17. The van der Waals surface area contributed by atoms with E-state index >= 15 is 0 Å². The highest BCUT2D eigenvalue weighted by Gasteiger charge is 2.15. The summed E-state index contributed by atoms with van der Waals surface area (Å²) in [4.78, 5) is 10.3. The molecule has 0 bridgehead atoms. The summed E-state index contributed by atoms with van der Waals surface area (Å²) in [5.41, 5.74) is 12.1. The Morgan fingerprint density at radius 3 is 1.79 bits per heavy atom. The lowest BCUT2D eigenvalue weighted by molar-refractivity contribution is 0.669. The van der Waals surface area contributed by atoms with Crippen molar-refractivity contribution in [3.8, 4) is 50.8 Å². The number of benzene rings is 6. The second-order valence-corrected chi connectivity index (χ2v) is 11.7. The van der Waals surface area contributed by atoms with E-state index in [4.69, 9.17) is 14.4 Å². The van der Waals surface area contributed by atoms with Crippen molar-refractivity contribution in [3.05, 3.63) is 157 Å². The van der Waals surface area contributed by atoms with Gasteiger partial charge in [-0.3, -0.25) is 0 Å². The highest BCUT2D eigenvalue weighted by molar-refractivity contribution is 6.13. The minimum atomic E-state index is 0.665. The van der Waals surface area contributed by atoms with Crippen molar-refractivity contribution in [1.29, 1.82) is 5.26 Å². The van der Waals surface area contributed by atoms with Crippen LogP contribution in [0.15, 0.2) is 156 Å². The smallest absolute Gasteiger partial charge is 0.136 e. The third-order valence-corrected chi connectivity index (χ3v) is 8.93. The van der Waals surface area contributed by atoms with Gasteiger partial charge in [0.1, 0.15) is 11.2 Å². The van der Waals surface area contributed by atoms with E-state index in [1.54, 1.807) is 0 Å². The van der Waals surface area contributed by atoms with Gasteiger partial charge in [-0.15, -0.1) is 0 Å². The van der Waals surface area contributed by atoms with Crippen LogP contribution in [0.3, 0.4) is 0 Å².